The van der Waals surface area contributed by atoms with Crippen molar-refractivity contribution in [2.45, 2.75) is 12.4 Å². The van der Waals surface area contributed by atoms with Crippen molar-refractivity contribution < 1.29 is 35.6 Å². The molecule has 0 aliphatic rings. The largest absolute Gasteiger partial charge is 0.421 e. The SMILES string of the molecule is CN(c1ncc(C(F)(F)F)cc1Cl)n1ccc2oc(=O)c(NC(=O)c3cccc(C(F)(F)F)c3)cc2c1=O. The van der Waals surface area contributed by atoms with E-state index in [4.69, 9.17) is 16.0 Å². The van der Waals surface area contributed by atoms with Gasteiger partial charge in [-0.15, -0.1) is 0 Å². The van der Waals surface area contributed by atoms with E-state index < -0.39 is 56.8 Å². The highest BCUT2D eigenvalue weighted by Gasteiger charge is 2.32. The summed E-state index contributed by atoms with van der Waals surface area (Å²) in [6.45, 7) is 0. The summed E-state index contributed by atoms with van der Waals surface area (Å²) in [4.78, 5) is 41.6. The third kappa shape index (κ3) is 5.20. The quantitative estimate of drug-likeness (QED) is 0.346. The van der Waals surface area contributed by atoms with Gasteiger partial charge in [-0.3, -0.25) is 14.6 Å². The van der Waals surface area contributed by atoms with Crippen molar-refractivity contribution >= 4 is 40.0 Å². The Morgan fingerprint density at radius 2 is 1.71 bits per heavy atom. The van der Waals surface area contributed by atoms with Crippen LogP contribution >= 0.6 is 11.6 Å². The number of hydrogen-bond donors (Lipinski definition) is 1. The molecule has 4 aromatic rings. The summed E-state index contributed by atoms with van der Waals surface area (Å²) in [6.07, 6.45) is -7.73. The summed E-state index contributed by atoms with van der Waals surface area (Å²) >= 11 is 5.95. The number of carbonyl (C=O) groups is 1. The number of halogens is 7. The monoisotopic (exact) mass is 558 g/mol. The smallest absolute Gasteiger partial charge is 0.417 e. The molecular formula is C23H13ClF6N4O4. The molecule has 1 aromatic carbocycles. The number of anilines is 2. The molecule has 0 fully saturated rings. The normalized spacial score (nSPS) is 12.0. The van der Waals surface area contributed by atoms with Gasteiger partial charge in [0.05, 0.1) is 21.5 Å². The van der Waals surface area contributed by atoms with Crippen molar-refractivity contribution in [3.05, 3.63) is 97.3 Å². The number of nitrogens with zero attached hydrogens (tertiary/aromatic N) is 3. The van der Waals surface area contributed by atoms with Gasteiger partial charge in [-0.2, -0.15) is 26.3 Å². The molecule has 1 N–H and O–H groups in total. The molecule has 4 rings (SSSR count). The van der Waals surface area contributed by atoms with Gasteiger partial charge in [-0.25, -0.2) is 14.5 Å². The minimum Gasteiger partial charge on any atom is -0.421 e. The molecule has 0 saturated carbocycles. The summed E-state index contributed by atoms with van der Waals surface area (Å²) in [5, 5.41) is 2.50. The second-order valence-corrected chi connectivity index (χ2v) is 8.18. The van der Waals surface area contributed by atoms with Gasteiger partial charge in [0.25, 0.3) is 11.5 Å². The van der Waals surface area contributed by atoms with Crippen LogP contribution in [0.1, 0.15) is 21.5 Å². The molecule has 3 heterocycles. The number of aromatic nitrogens is 2. The van der Waals surface area contributed by atoms with Gasteiger partial charge in [0.15, 0.2) is 5.82 Å². The van der Waals surface area contributed by atoms with E-state index in [0.29, 0.717) is 18.3 Å². The average Bonchev–Trinajstić information content (AvgIpc) is 2.83. The van der Waals surface area contributed by atoms with Crippen LogP contribution in [0.15, 0.2) is 68.9 Å². The number of fused-ring (bicyclic) bond motifs is 1. The number of rotatable bonds is 4. The molecule has 0 spiro atoms. The number of nitrogens with one attached hydrogen (secondary N) is 1. The topological polar surface area (TPSA) is 97.4 Å². The lowest BCUT2D eigenvalue weighted by Crippen LogP contribution is -2.36. The minimum atomic E-state index is -4.71. The summed E-state index contributed by atoms with van der Waals surface area (Å²) in [5.41, 5.74) is -5.27. The second-order valence-electron chi connectivity index (χ2n) is 7.77. The summed E-state index contributed by atoms with van der Waals surface area (Å²) in [6, 6.07) is 6.24. The highest BCUT2D eigenvalue weighted by atomic mass is 35.5. The van der Waals surface area contributed by atoms with Gasteiger partial charge >= 0.3 is 18.0 Å². The summed E-state index contributed by atoms with van der Waals surface area (Å²) in [7, 11) is 1.28. The third-order valence-corrected chi connectivity index (χ3v) is 5.54. The van der Waals surface area contributed by atoms with Crippen LogP contribution in [0.2, 0.25) is 5.02 Å². The number of hydrogen-bond acceptors (Lipinski definition) is 6. The van der Waals surface area contributed by atoms with E-state index in [0.717, 1.165) is 40.1 Å². The Kier molecular flexibility index (Phi) is 6.69. The maximum absolute atomic E-state index is 13.1. The molecule has 0 radical (unpaired) electrons. The number of carbonyl (C=O) groups excluding carboxylic acids is 1. The molecule has 0 aliphatic carbocycles. The average molecular weight is 559 g/mol. The second kappa shape index (κ2) is 9.52. The fourth-order valence-corrected chi connectivity index (χ4v) is 3.67. The van der Waals surface area contributed by atoms with E-state index in [-0.39, 0.29) is 16.8 Å². The van der Waals surface area contributed by atoms with Crippen LogP contribution in [0.25, 0.3) is 11.0 Å². The van der Waals surface area contributed by atoms with Crippen LogP contribution in [0.5, 0.6) is 0 Å². The fourth-order valence-electron chi connectivity index (χ4n) is 3.39. The van der Waals surface area contributed by atoms with Gasteiger partial charge in [-0.1, -0.05) is 17.7 Å². The van der Waals surface area contributed by atoms with Crippen molar-refractivity contribution in [3.8, 4) is 0 Å². The van der Waals surface area contributed by atoms with Crippen molar-refractivity contribution in [1.82, 2.24) is 9.66 Å². The van der Waals surface area contributed by atoms with Crippen LogP contribution in [-0.4, -0.2) is 22.6 Å². The standard InChI is InChI=1S/C23H13ClF6N4O4/c1-33(18-15(24)8-13(10-31-18)23(28,29)30)34-6-5-17-14(20(34)36)9-16(21(37)38-17)32-19(35)11-3-2-4-12(7-11)22(25,26)27/h2-10H,1H3,(H,32,35). The molecule has 3 aromatic heterocycles. The van der Waals surface area contributed by atoms with Crippen molar-refractivity contribution in [3.63, 3.8) is 0 Å². The fraction of sp³-hybridized carbons (Fsp3) is 0.130. The molecule has 15 heteroatoms. The molecule has 0 atom stereocenters. The van der Waals surface area contributed by atoms with Gasteiger partial charge < -0.3 is 9.73 Å². The summed E-state index contributed by atoms with van der Waals surface area (Å²) in [5.74, 6) is -1.28. The van der Waals surface area contributed by atoms with Gasteiger partial charge in [-0.05, 0) is 30.3 Å². The van der Waals surface area contributed by atoms with E-state index in [2.05, 4.69) is 10.3 Å². The number of benzene rings is 1. The van der Waals surface area contributed by atoms with E-state index in [1.807, 2.05) is 0 Å². The van der Waals surface area contributed by atoms with Crippen molar-refractivity contribution in [1.29, 1.82) is 0 Å². The van der Waals surface area contributed by atoms with Gasteiger partial charge in [0.1, 0.15) is 11.3 Å². The Labute approximate surface area is 212 Å². The van der Waals surface area contributed by atoms with E-state index in [1.165, 1.54) is 13.1 Å². The van der Waals surface area contributed by atoms with Crippen LogP contribution < -0.4 is 21.5 Å². The number of pyridine rings is 2. The molecule has 198 valence electrons. The van der Waals surface area contributed by atoms with E-state index >= 15 is 0 Å². The van der Waals surface area contributed by atoms with Crippen LogP contribution in [0, 0.1) is 0 Å². The first kappa shape index (κ1) is 26.7. The van der Waals surface area contributed by atoms with E-state index in [1.54, 1.807) is 0 Å². The molecule has 0 unspecified atom stereocenters. The first-order chi connectivity index (χ1) is 17.7. The predicted octanol–water partition coefficient (Wildman–Crippen LogP) is 5.19. The van der Waals surface area contributed by atoms with Gasteiger partial charge in [0.2, 0.25) is 0 Å². The minimum absolute atomic E-state index is 0.201. The maximum atomic E-state index is 13.1. The molecule has 38 heavy (non-hydrogen) atoms. The number of alkyl halides is 6. The van der Waals surface area contributed by atoms with Crippen LogP contribution in [-0.2, 0) is 12.4 Å². The van der Waals surface area contributed by atoms with Crippen molar-refractivity contribution in [2.24, 2.45) is 0 Å². The van der Waals surface area contributed by atoms with Crippen LogP contribution in [0.3, 0.4) is 0 Å². The Morgan fingerprint density at radius 3 is 2.34 bits per heavy atom. The Hall–Kier alpha value is -4.33. The molecule has 0 saturated heterocycles. The zero-order chi connectivity index (χ0) is 28.0. The van der Waals surface area contributed by atoms with E-state index in [9.17, 15) is 40.7 Å². The Balaban J connectivity index is 1.71. The number of amides is 1. The van der Waals surface area contributed by atoms with Crippen molar-refractivity contribution in [2.75, 3.05) is 17.4 Å². The first-order valence-electron chi connectivity index (χ1n) is 10.3. The molecule has 0 bridgehead atoms. The zero-order valence-corrected chi connectivity index (χ0v) is 19.6. The molecule has 0 aliphatic heterocycles. The lowest BCUT2D eigenvalue weighted by atomic mass is 10.1. The first-order valence-corrected chi connectivity index (χ1v) is 10.7. The highest BCUT2D eigenvalue weighted by molar-refractivity contribution is 6.33. The predicted molar refractivity (Wildman–Crippen MR) is 124 cm³/mol. The molecular weight excluding hydrogens is 546 g/mol. The lowest BCUT2D eigenvalue weighted by Gasteiger charge is -2.22. The zero-order valence-electron chi connectivity index (χ0n) is 18.8. The van der Waals surface area contributed by atoms with Crippen LogP contribution in [0.4, 0.5) is 37.8 Å². The Morgan fingerprint density at radius 1 is 1.03 bits per heavy atom. The molecule has 8 nitrogen and oxygen atoms in total. The molecule has 1 amide bonds. The Bertz CT molecular complexity index is 1680. The third-order valence-electron chi connectivity index (χ3n) is 5.26. The summed E-state index contributed by atoms with van der Waals surface area (Å²) < 4.78 is 83.6. The highest BCUT2D eigenvalue weighted by Crippen LogP contribution is 2.33. The maximum Gasteiger partial charge on any atom is 0.417 e. The lowest BCUT2D eigenvalue weighted by molar-refractivity contribution is -0.138. The van der Waals surface area contributed by atoms with Gasteiger partial charge in [0, 0.05) is 31.1 Å².